The first-order chi connectivity index (χ1) is 14.8. The van der Waals surface area contributed by atoms with E-state index < -0.39 is 10.0 Å². The van der Waals surface area contributed by atoms with Gasteiger partial charge >= 0.3 is 0 Å². The number of hydrogen-bond acceptors (Lipinski definition) is 5. The van der Waals surface area contributed by atoms with E-state index in [2.05, 4.69) is 34.9 Å². The number of anilines is 2. The second kappa shape index (κ2) is 8.49. The Labute approximate surface area is 185 Å². The average molecular weight is 452 g/mol. The molecular weight excluding hydrogens is 430 g/mol. The van der Waals surface area contributed by atoms with Crippen LogP contribution in [0.4, 0.5) is 10.8 Å². The van der Waals surface area contributed by atoms with Gasteiger partial charge in [0.2, 0.25) is 0 Å². The standard InChI is InChI=1S/C23H21N3O3S2/c1-15(2)17-10-13-20-21(14-17)30-23(24-20)25-22(27)16-8-11-18(12-9-16)26-31(28,29)19-6-4-3-5-7-19/h3-15,26H,1-2H3,(H,24,25,27). The quantitative estimate of drug-likeness (QED) is 0.407. The minimum atomic E-state index is -3.68. The van der Waals surface area contributed by atoms with Crippen molar-refractivity contribution in [3.63, 3.8) is 0 Å². The molecule has 0 saturated heterocycles. The van der Waals surface area contributed by atoms with Gasteiger partial charge < -0.3 is 0 Å². The van der Waals surface area contributed by atoms with Gasteiger partial charge in [0.15, 0.2) is 5.13 Å². The Bertz CT molecular complexity index is 1330. The van der Waals surface area contributed by atoms with Gasteiger partial charge in [0, 0.05) is 11.3 Å². The van der Waals surface area contributed by atoms with E-state index in [-0.39, 0.29) is 10.8 Å². The van der Waals surface area contributed by atoms with Crippen molar-refractivity contribution in [2.45, 2.75) is 24.7 Å². The van der Waals surface area contributed by atoms with Crippen LogP contribution in [0.3, 0.4) is 0 Å². The summed E-state index contributed by atoms with van der Waals surface area (Å²) in [5, 5.41) is 3.34. The van der Waals surface area contributed by atoms with Crippen molar-refractivity contribution < 1.29 is 13.2 Å². The van der Waals surface area contributed by atoms with E-state index >= 15 is 0 Å². The lowest BCUT2D eigenvalue weighted by atomic mass is 10.0. The van der Waals surface area contributed by atoms with Crippen LogP contribution in [0.25, 0.3) is 10.2 Å². The molecule has 31 heavy (non-hydrogen) atoms. The van der Waals surface area contributed by atoms with Crippen molar-refractivity contribution in [2.24, 2.45) is 0 Å². The number of fused-ring (bicyclic) bond motifs is 1. The number of nitrogens with one attached hydrogen (secondary N) is 2. The number of amides is 1. The summed E-state index contributed by atoms with van der Waals surface area (Å²) < 4.78 is 28.4. The number of hydrogen-bond donors (Lipinski definition) is 2. The summed E-state index contributed by atoms with van der Waals surface area (Å²) in [5.74, 6) is 0.114. The zero-order chi connectivity index (χ0) is 22.0. The number of thiazole rings is 1. The SMILES string of the molecule is CC(C)c1ccc2nc(NC(=O)c3ccc(NS(=O)(=O)c4ccccc4)cc3)sc2c1. The van der Waals surface area contributed by atoms with Crippen LogP contribution in [0.5, 0.6) is 0 Å². The van der Waals surface area contributed by atoms with Crippen molar-refractivity contribution in [3.05, 3.63) is 83.9 Å². The van der Waals surface area contributed by atoms with E-state index in [1.807, 2.05) is 12.1 Å². The van der Waals surface area contributed by atoms with Crippen molar-refractivity contribution in [3.8, 4) is 0 Å². The van der Waals surface area contributed by atoms with Crippen molar-refractivity contribution in [2.75, 3.05) is 10.0 Å². The second-order valence-corrected chi connectivity index (χ2v) is 10.1. The smallest absolute Gasteiger partial charge is 0.261 e. The Morgan fingerprint density at radius 1 is 0.968 bits per heavy atom. The van der Waals surface area contributed by atoms with Crippen LogP contribution in [0, 0.1) is 0 Å². The lowest BCUT2D eigenvalue weighted by Crippen LogP contribution is -2.14. The molecule has 0 radical (unpaired) electrons. The Hall–Kier alpha value is -3.23. The normalized spacial score (nSPS) is 11.6. The first-order valence-electron chi connectivity index (χ1n) is 9.71. The number of carbonyl (C=O) groups is 1. The first-order valence-corrected chi connectivity index (χ1v) is 12.0. The Morgan fingerprint density at radius 3 is 2.35 bits per heavy atom. The van der Waals surface area contributed by atoms with Gasteiger partial charge in [-0.05, 0) is 60.0 Å². The van der Waals surface area contributed by atoms with Gasteiger partial charge in [0.25, 0.3) is 15.9 Å². The molecule has 1 heterocycles. The lowest BCUT2D eigenvalue weighted by molar-refractivity contribution is 0.102. The number of carbonyl (C=O) groups excluding carboxylic acids is 1. The molecule has 0 aliphatic heterocycles. The zero-order valence-electron chi connectivity index (χ0n) is 17.0. The molecule has 6 nitrogen and oxygen atoms in total. The van der Waals surface area contributed by atoms with Gasteiger partial charge in [-0.15, -0.1) is 0 Å². The molecule has 0 atom stereocenters. The minimum absolute atomic E-state index is 0.174. The molecule has 0 spiro atoms. The maximum Gasteiger partial charge on any atom is 0.261 e. The molecule has 158 valence electrons. The summed E-state index contributed by atoms with van der Waals surface area (Å²) in [6.45, 7) is 4.27. The topological polar surface area (TPSA) is 88.2 Å². The van der Waals surface area contributed by atoms with E-state index in [1.54, 1.807) is 42.5 Å². The highest BCUT2D eigenvalue weighted by molar-refractivity contribution is 7.92. The highest BCUT2D eigenvalue weighted by atomic mass is 32.2. The van der Waals surface area contributed by atoms with E-state index in [4.69, 9.17) is 0 Å². The zero-order valence-corrected chi connectivity index (χ0v) is 18.6. The summed E-state index contributed by atoms with van der Waals surface area (Å²) in [5.41, 5.74) is 2.85. The molecule has 1 amide bonds. The fourth-order valence-electron chi connectivity index (χ4n) is 3.03. The van der Waals surface area contributed by atoms with Crippen LogP contribution in [0.2, 0.25) is 0 Å². The van der Waals surface area contributed by atoms with Gasteiger partial charge in [-0.2, -0.15) is 0 Å². The third-order valence-corrected chi connectivity index (χ3v) is 7.08. The van der Waals surface area contributed by atoms with Gasteiger partial charge in [-0.3, -0.25) is 14.8 Å². The van der Waals surface area contributed by atoms with Crippen molar-refractivity contribution >= 4 is 48.3 Å². The molecule has 0 unspecified atom stereocenters. The number of sulfonamides is 1. The molecule has 8 heteroatoms. The van der Waals surface area contributed by atoms with E-state index in [9.17, 15) is 13.2 Å². The average Bonchev–Trinajstić information content (AvgIpc) is 3.16. The molecule has 3 aromatic carbocycles. The second-order valence-electron chi connectivity index (χ2n) is 7.35. The molecule has 0 aliphatic carbocycles. The molecule has 1 aromatic heterocycles. The Kier molecular flexibility index (Phi) is 5.75. The summed E-state index contributed by atoms with van der Waals surface area (Å²) >= 11 is 1.43. The number of benzene rings is 3. The van der Waals surface area contributed by atoms with Crippen molar-refractivity contribution in [1.29, 1.82) is 0 Å². The third-order valence-electron chi connectivity index (χ3n) is 4.75. The summed E-state index contributed by atoms with van der Waals surface area (Å²) in [6, 6.07) is 20.5. The predicted octanol–water partition coefficient (Wildman–Crippen LogP) is 5.47. The van der Waals surface area contributed by atoms with Crippen LogP contribution in [0.1, 0.15) is 35.7 Å². The Balaban J connectivity index is 1.47. The monoisotopic (exact) mass is 451 g/mol. The van der Waals surface area contributed by atoms with E-state index in [0.717, 1.165) is 10.2 Å². The molecule has 0 saturated carbocycles. The minimum Gasteiger partial charge on any atom is -0.298 e. The maximum atomic E-state index is 12.6. The molecule has 4 rings (SSSR count). The van der Waals surface area contributed by atoms with Gasteiger partial charge in [0.1, 0.15) is 0 Å². The highest BCUT2D eigenvalue weighted by Crippen LogP contribution is 2.29. The maximum absolute atomic E-state index is 12.6. The fraction of sp³-hybridized carbons (Fsp3) is 0.130. The van der Waals surface area contributed by atoms with E-state index in [0.29, 0.717) is 22.3 Å². The number of rotatable bonds is 6. The fourth-order valence-corrected chi connectivity index (χ4v) is 5.02. The first kappa shape index (κ1) is 21.0. The molecule has 0 bridgehead atoms. The van der Waals surface area contributed by atoms with Crippen LogP contribution < -0.4 is 10.0 Å². The third kappa shape index (κ3) is 4.76. The number of aromatic nitrogens is 1. The molecule has 0 aliphatic rings. The summed E-state index contributed by atoms with van der Waals surface area (Å²) in [4.78, 5) is 17.2. The molecule has 4 aromatic rings. The van der Waals surface area contributed by atoms with E-state index in [1.165, 1.54) is 29.0 Å². The highest BCUT2D eigenvalue weighted by Gasteiger charge is 2.15. The molecule has 2 N–H and O–H groups in total. The Morgan fingerprint density at radius 2 is 1.68 bits per heavy atom. The van der Waals surface area contributed by atoms with Crippen LogP contribution in [-0.4, -0.2) is 19.3 Å². The molecule has 0 fully saturated rings. The predicted molar refractivity (Wildman–Crippen MR) is 125 cm³/mol. The largest absolute Gasteiger partial charge is 0.298 e. The van der Waals surface area contributed by atoms with Gasteiger partial charge in [-0.1, -0.05) is 49.4 Å². The van der Waals surface area contributed by atoms with Crippen molar-refractivity contribution in [1.82, 2.24) is 4.98 Å². The van der Waals surface area contributed by atoms with Crippen LogP contribution >= 0.6 is 11.3 Å². The van der Waals surface area contributed by atoms with Crippen LogP contribution in [-0.2, 0) is 10.0 Å². The summed E-state index contributed by atoms with van der Waals surface area (Å²) in [6.07, 6.45) is 0. The number of nitrogens with zero attached hydrogens (tertiary/aromatic N) is 1. The van der Waals surface area contributed by atoms with Gasteiger partial charge in [0.05, 0.1) is 15.1 Å². The summed E-state index contributed by atoms with van der Waals surface area (Å²) in [7, 11) is -3.68. The van der Waals surface area contributed by atoms with Gasteiger partial charge in [-0.25, -0.2) is 13.4 Å². The molecular formula is C23H21N3O3S2. The lowest BCUT2D eigenvalue weighted by Gasteiger charge is -2.08. The van der Waals surface area contributed by atoms with Crippen LogP contribution in [0.15, 0.2) is 77.7 Å².